The molecule has 148 valence electrons. The van der Waals surface area contributed by atoms with E-state index >= 15 is 0 Å². The fourth-order valence-corrected chi connectivity index (χ4v) is 2.95. The molecule has 0 aliphatic rings. The molecule has 0 aliphatic carbocycles. The van der Waals surface area contributed by atoms with E-state index < -0.39 is 11.9 Å². The third kappa shape index (κ3) is 5.05. The van der Waals surface area contributed by atoms with Gasteiger partial charge in [0.25, 0.3) is 0 Å². The van der Waals surface area contributed by atoms with Crippen molar-refractivity contribution in [3.8, 4) is 11.5 Å². The van der Waals surface area contributed by atoms with E-state index in [1.807, 2.05) is 12.1 Å². The standard InChI is InChI=1S/C20H19BrClNO5/c1-11(12-5-6-15(22)14(21)8-12)7-19(24)23-16-10-18(27-3)17(26-2)9-13(16)20(25)28-4/h5-10H,1-4H3,(H,23,24). The van der Waals surface area contributed by atoms with Crippen molar-refractivity contribution in [2.75, 3.05) is 26.6 Å². The number of hydrogen-bond donors (Lipinski definition) is 1. The van der Waals surface area contributed by atoms with Gasteiger partial charge in [0.1, 0.15) is 0 Å². The molecule has 0 saturated carbocycles. The first-order valence-electron chi connectivity index (χ1n) is 8.09. The van der Waals surface area contributed by atoms with Crippen LogP contribution in [0.25, 0.3) is 5.57 Å². The molecule has 0 atom stereocenters. The monoisotopic (exact) mass is 467 g/mol. The Labute approximate surface area is 176 Å². The Balaban J connectivity index is 2.36. The zero-order valence-electron chi connectivity index (χ0n) is 15.8. The largest absolute Gasteiger partial charge is 0.493 e. The number of hydrogen-bond acceptors (Lipinski definition) is 5. The maximum atomic E-state index is 12.5. The van der Waals surface area contributed by atoms with E-state index in [-0.39, 0.29) is 11.3 Å². The molecule has 0 unspecified atom stereocenters. The first kappa shape index (κ1) is 21.8. The lowest BCUT2D eigenvalue weighted by molar-refractivity contribution is -0.111. The fourth-order valence-electron chi connectivity index (χ4n) is 2.45. The van der Waals surface area contributed by atoms with Gasteiger partial charge in [-0.2, -0.15) is 0 Å². The molecule has 2 aromatic carbocycles. The highest BCUT2D eigenvalue weighted by Gasteiger charge is 2.18. The molecule has 0 bridgehead atoms. The summed E-state index contributed by atoms with van der Waals surface area (Å²) in [6, 6.07) is 8.32. The number of amides is 1. The summed E-state index contributed by atoms with van der Waals surface area (Å²) < 4.78 is 16.0. The summed E-state index contributed by atoms with van der Waals surface area (Å²) in [5, 5.41) is 3.27. The van der Waals surface area contributed by atoms with Gasteiger partial charge in [0.2, 0.25) is 5.91 Å². The van der Waals surface area contributed by atoms with E-state index in [2.05, 4.69) is 21.2 Å². The van der Waals surface area contributed by atoms with E-state index in [0.717, 1.165) is 15.6 Å². The predicted octanol–water partition coefficient (Wildman–Crippen LogP) is 4.95. The molecule has 0 spiro atoms. The molecule has 0 heterocycles. The molecule has 2 rings (SSSR count). The van der Waals surface area contributed by atoms with E-state index in [1.165, 1.54) is 39.5 Å². The highest BCUT2D eigenvalue weighted by molar-refractivity contribution is 9.10. The average molecular weight is 469 g/mol. The van der Waals surface area contributed by atoms with Gasteiger partial charge in [-0.25, -0.2) is 4.79 Å². The molecule has 0 saturated heterocycles. The van der Waals surface area contributed by atoms with Crippen molar-refractivity contribution in [2.24, 2.45) is 0 Å². The van der Waals surface area contributed by atoms with Crippen molar-refractivity contribution in [1.29, 1.82) is 0 Å². The fraction of sp³-hybridized carbons (Fsp3) is 0.200. The average Bonchev–Trinajstić information content (AvgIpc) is 2.68. The van der Waals surface area contributed by atoms with Gasteiger partial charge >= 0.3 is 5.97 Å². The van der Waals surface area contributed by atoms with Crippen LogP contribution in [0.3, 0.4) is 0 Å². The highest BCUT2D eigenvalue weighted by Crippen LogP contribution is 2.34. The maximum absolute atomic E-state index is 12.5. The number of ether oxygens (including phenoxy) is 3. The number of halogens is 2. The number of benzene rings is 2. The Morgan fingerprint density at radius 3 is 2.29 bits per heavy atom. The SMILES string of the molecule is COC(=O)c1cc(OC)c(OC)cc1NC(=O)C=C(C)c1ccc(Cl)c(Br)c1. The highest BCUT2D eigenvalue weighted by atomic mass is 79.9. The predicted molar refractivity (Wildman–Crippen MR) is 112 cm³/mol. The Bertz CT molecular complexity index is 942. The minimum atomic E-state index is -0.612. The summed E-state index contributed by atoms with van der Waals surface area (Å²) in [7, 11) is 4.17. The molecule has 8 heteroatoms. The minimum absolute atomic E-state index is 0.147. The van der Waals surface area contributed by atoms with Crippen molar-refractivity contribution < 1.29 is 23.8 Å². The molecule has 1 N–H and O–H groups in total. The van der Waals surface area contributed by atoms with Gasteiger partial charge in [-0.15, -0.1) is 0 Å². The number of allylic oxidation sites excluding steroid dienone is 1. The summed E-state index contributed by atoms with van der Waals surface area (Å²) in [6.07, 6.45) is 1.42. The molecule has 28 heavy (non-hydrogen) atoms. The van der Waals surface area contributed by atoms with Gasteiger partial charge < -0.3 is 19.5 Å². The smallest absolute Gasteiger partial charge is 0.340 e. The van der Waals surface area contributed by atoms with Crippen molar-refractivity contribution in [1.82, 2.24) is 0 Å². The summed E-state index contributed by atoms with van der Waals surface area (Å²) in [5.41, 5.74) is 1.94. The van der Waals surface area contributed by atoms with Crippen molar-refractivity contribution >= 4 is 50.7 Å². The summed E-state index contributed by atoms with van der Waals surface area (Å²) in [4.78, 5) is 24.6. The lowest BCUT2D eigenvalue weighted by Gasteiger charge is -2.14. The van der Waals surface area contributed by atoms with Crippen molar-refractivity contribution in [3.05, 3.63) is 57.0 Å². The number of rotatable bonds is 6. The second-order valence-electron chi connectivity index (χ2n) is 5.69. The van der Waals surface area contributed by atoms with Gasteiger partial charge in [-0.3, -0.25) is 4.79 Å². The van der Waals surface area contributed by atoms with E-state index in [0.29, 0.717) is 16.5 Å². The van der Waals surface area contributed by atoms with Crippen LogP contribution in [0, 0.1) is 0 Å². The van der Waals surface area contributed by atoms with Gasteiger partial charge in [0, 0.05) is 22.7 Å². The third-order valence-electron chi connectivity index (χ3n) is 3.91. The van der Waals surface area contributed by atoms with Crippen LogP contribution < -0.4 is 14.8 Å². The normalized spacial score (nSPS) is 11.0. The zero-order valence-corrected chi connectivity index (χ0v) is 18.1. The number of carbonyl (C=O) groups is 2. The summed E-state index contributed by atoms with van der Waals surface area (Å²) in [6.45, 7) is 1.80. The van der Waals surface area contributed by atoms with Gasteiger partial charge in [0.05, 0.1) is 37.6 Å². The topological polar surface area (TPSA) is 73.9 Å². The van der Waals surface area contributed by atoms with E-state index in [9.17, 15) is 9.59 Å². The molecule has 0 fully saturated rings. The summed E-state index contributed by atoms with van der Waals surface area (Å²) >= 11 is 9.36. The Morgan fingerprint density at radius 2 is 1.71 bits per heavy atom. The second-order valence-corrected chi connectivity index (χ2v) is 6.95. The van der Waals surface area contributed by atoms with Crippen molar-refractivity contribution in [2.45, 2.75) is 6.92 Å². The van der Waals surface area contributed by atoms with Crippen LogP contribution in [0.15, 0.2) is 40.9 Å². The zero-order chi connectivity index (χ0) is 20.8. The lowest BCUT2D eigenvalue weighted by Crippen LogP contribution is -2.14. The Kier molecular flexibility index (Phi) is 7.48. The molecular weight excluding hydrogens is 450 g/mol. The molecule has 2 aromatic rings. The van der Waals surface area contributed by atoms with Gasteiger partial charge in [0.15, 0.2) is 11.5 Å². The minimum Gasteiger partial charge on any atom is -0.493 e. The molecule has 0 radical (unpaired) electrons. The Hall–Kier alpha value is -2.51. The van der Waals surface area contributed by atoms with Crippen LogP contribution in [0.4, 0.5) is 5.69 Å². The second kappa shape index (κ2) is 9.61. The van der Waals surface area contributed by atoms with Crippen LogP contribution in [0.5, 0.6) is 11.5 Å². The van der Waals surface area contributed by atoms with E-state index in [1.54, 1.807) is 13.0 Å². The van der Waals surface area contributed by atoms with Crippen molar-refractivity contribution in [3.63, 3.8) is 0 Å². The number of anilines is 1. The third-order valence-corrected chi connectivity index (χ3v) is 5.12. The van der Waals surface area contributed by atoms with Gasteiger partial charge in [-0.05, 0) is 46.1 Å². The van der Waals surface area contributed by atoms with Crippen LogP contribution >= 0.6 is 27.5 Å². The quantitative estimate of drug-likeness (QED) is 0.480. The van der Waals surface area contributed by atoms with Gasteiger partial charge in [-0.1, -0.05) is 17.7 Å². The number of esters is 1. The van der Waals surface area contributed by atoms with Crippen LogP contribution in [0.1, 0.15) is 22.8 Å². The lowest BCUT2D eigenvalue weighted by atomic mass is 10.1. The maximum Gasteiger partial charge on any atom is 0.340 e. The van der Waals surface area contributed by atoms with Crippen LogP contribution in [0.2, 0.25) is 5.02 Å². The number of carbonyl (C=O) groups excluding carboxylic acids is 2. The molecule has 1 amide bonds. The summed E-state index contributed by atoms with van der Waals surface area (Å²) in [5.74, 6) is -0.314. The number of methoxy groups -OCH3 is 3. The van der Waals surface area contributed by atoms with Crippen LogP contribution in [-0.2, 0) is 9.53 Å². The van der Waals surface area contributed by atoms with Crippen LogP contribution in [-0.4, -0.2) is 33.2 Å². The molecule has 0 aliphatic heterocycles. The van der Waals surface area contributed by atoms with E-state index in [4.69, 9.17) is 25.8 Å². The Morgan fingerprint density at radius 1 is 1.07 bits per heavy atom. The number of nitrogens with one attached hydrogen (secondary N) is 1. The molecule has 6 nitrogen and oxygen atoms in total. The first-order valence-corrected chi connectivity index (χ1v) is 9.26. The molecular formula is C20H19BrClNO5. The first-order chi connectivity index (χ1) is 13.3. The molecule has 0 aromatic heterocycles.